The summed E-state index contributed by atoms with van der Waals surface area (Å²) >= 11 is 0. The van der Waals surface area contributed by atoms with E-state index in [1.165, 1.54) is 6.07 Å². The fourth-order valence-electron chi connectivity index (χ4n) is 2.42. The Morgan fingerprint density at radius 1 is 1.36 bits per heavy atom. The van der Waals surface area contributed by atoms with Crippen molar-refractivity contribution in [3.8, 4) is 0 Å². The zero-order valence-corrected chi connectivity index (χ0v) is 14.1. The molecule has 1 atom stereocenters. The second kappa shape index (κ2) is 8.41. The van der Waals surface area contributed by atoms with Gasteiger partial charge in [-0.15, -0.1) is 0 Å². The quantitative estimate of drug-likeness (QED) is 0.782. The van der Waals surface area contributed by atoms with Gasteiger partial charge in [0.25, 0.3) is 0 Å². The molecule has 0 aliphatic carbocycles. The molecule has 0 saturated heterocycles. The molecule has 0 spiro atoms. The Balaban J connectivity index is 2.21. The molecular weight excluding hydrogens is 337 g/mol. The monoisotopic (exact) mass is 358 g/mol. The van der Waals surface area contributed by atoms with Crippen LogP contribution in [0.2, 0.25) is 0 Å². The van der Waals surface area contributed by atoms with E-state index in [4.69, 9.17) is 15.0 Å². The molecule has 0 amide bonds. The lowest BCUT2D eigenvalue weighted by molar-refractivity contribution is -0.137. The lowest BCUT2D eigenvalue weighted by Gasteiger charge is -2.28. The van der Waals surface area contributed by atoms with E-state index in [9.17, 15) is 13.2 Å². The summed E-state index contributed by atoms with van der Waals surface area (Å²) in [6.07, 6.45) is -4.38. The number of hydrogen-bond donors (Lipinski definition) is 1. The molecule has 0 radical (unpaired) electrons. The molecule has 25 heavy (non-hydrogen) atoms. The number of hydrogen-bond acceptors (Lipinski definition) is 6. The van der Waals surface area contributed by atoms with Gasteiger partial charge in [0.05, 0.1) is 25.3 Å². The van der Waals surface area contributed by atoms with E-state index in [1.807, 2.05) is 11.8 Å². The molecule has 9 heteroatoms. The minimum Gasteiger partial charge on any atom is -0.383 e. The zero-order valence-electron chi connectivity index (χ0n) is 14.1. The van der Waals surface area contributed by atoms with Gasteiger partial charge in [0.2, 0.25) is 5.89 Å². The molecule has 0 aliphatic heterocycles. The summed E-state index contributed by atoms with van der Waals surface area (Å²) in [7, 11) is 1.56. The first-order chi connectivity index (χ1) is 11.8. The fourth-order valence-corrected chi connectivity index (χ4v) is 2.42. The Morgan fingerprint density at radius 2 is 2.12 bits per heavy atom. The highest BCUT2D eigenvalue weighted by atomic mass is 19.4. The van der Waals surface area contributed by atoms with Crippen molar-refractivity contribution in [2.45, 2.75) is 32.2 Å². The number of halogens is 3. The maximum absolute atomic E-state index is 12.9. The second-order valence-corrected chi connectivity index (χ2v) is 5.57. The molecule has 6 nitrogen and oxygen atoms in total. The SMILES string of the molecule is COCCN(Cc1noc(CN)n1)C(C)c1cccc(C(F)(F)F)c1. The summed E-state index contributed by atoms with van der Waals surface area (Å²) in [5.74, 6) is 0.740. The molecule has 2 aromatic rings. The van der Waals surface area contributed by atoms with Gasteiger partial charge in [0, 0.05) is 19.7 Å². The summed E-state index contributed by atoms with van der Waals surface area (Å²) in [6.45, 7) is 3.19. The summed E-state index contributed by atoms with van der Waals surface area (Å²) in [6, 6.07) is 5.00. The van der Waals surface area contributed by atoms with Gasteiger partial charge in [0.15, 0.2) is 5.82 Å². The maximum atomic E-state index is 12.9. The summed E-state index contributed by atoms with van der Waals surface area (Å²) in [4.78, 5) is 6.07. The van der Waals surface area contributed by atoms with Crippen molar-refractivity contribution in [2.75, 3.05) is 20.3 Å². The van der Waals surface area contributed by atoms with Crippen molar-refractivity contribution in [1.82, 2.24) is 15.0 Å². The number of aromatic nitrogens is 2. The largest absolute Gasteiger partial charge is 0.416 e. The van der Waals surface area contributed by atoms with Gasteiger partial charge in [-0.1, -0.05) is 17.3 Å². The standard InChI is InChI=1S/C16H21F3N4O2/c1-11(12-4-3-5-13(8-12)16(17,18)19)23(6-7-24-2)10-14-21-15(9-20)25-22-14/h3-5,8,11H,6-7,9-10,20H2,1-2H3. The highest BCUT2D eigenvalue weighted by molar-refractivity contribution is 5.27. The van der Waals surface area contributed by atoms with Crippen molar-refractivity contribution in [2.24, 2.45) is 5.73 Å². The first-order valence-corrected chi connectivity index (χ1v) is 7.76. The van der Waals surface area contributed by atoms with Gasteiger partial charge in [0.1, 0.15) is 0 Å². The second-order valence-electron chi connectivity index (χ2n) is 5.57. The van der Waals surface area contributed by atoms with Crippen LogP contribution in [-0.2, 0) is 24.0 Å². The molecular formula is C16H21F3N4O2. The van der Waals surface area contributed by atoms with Crippen LogP contribution in [0.3, 0.4) is 0 Å². The van der Waals surface area contributed by atoms with Crippen molar-refractivity contribution in [3.05, 3.63) is 47.1 Å². The van der Waals surface area contributed by atoms with Crippen LogP contribution >= 0.6 is 0 Å². The molecule has 1 heterocycles. The molecule has 2 rings (SSSR count). The van der Waals surface area contributed by atoms with Crippen LogP contribution in [0.25, 0.3) is 0 Å². The van der Waals surface area contributed by atoms with E-state index >= 15 is 0 Å². The predicted molar refractivity (Wildman–Crippen MR) is 84.3 cm³/mol. The summed E-state index contributed by atoms with van der Waals surface area (Å²) in [5.41, 5.74) is 5.32. The van der Waals surface area contributed by atoms with Crippen molar-refractivity contribution >= 4 is 0 Å². The van der Waals surface area contributed by atoms with Crippen LogP contribution in [-0.4, -0.2) is 35.3 Å². The molecule has 0 fully saturated rings. The Bertz CT molecular complexity index is 675. The number of rotatable bonds is 8. The van der Waals surface area contributed by atoms with Crippen molar-refractivity contribution < 1.29 is 22.4 Å². The van der Waals surface area contributed by atoms with Gasteiger partial charge in [-0.2, -0.15) is 18.2 Å². The maximum Gasteiger partial charge on any atom is 0.416 e. The van der Waals surface area contributed by atoms with E-state index < -0.39 is 11.7 Å². The molecule has 0 saturated carbocycles. The van der Waals surface area contributed by atoms with Gasteiger partial charge < -0.3 is 15.0 Å². The van der Waals surface area contributed by atoms with Gasteiger partial charge in [-0.25, -0.2) is 0 Å². The lowest BCUT2D eigenvalue weighted by Crippen LogP contribution is -2.30. The first kappa shape index (κ1) is 19.4. The predicted octanol–water partition coefficient (Wildman–Crippen LogP) is 2.76. The molecule has 1 aromatic carbocycles. The molecule has 2 N–H and O–H groups in total. The van der Waals surface area contributed by atoms with Gasteiger partial charge in [-0.05, 0) is 24.6 Å². The topological polar surface area (TPSA) is 77.4 Å². The van der Waals surface area contributed by atoms with Crippen molar-refractivity contribution in [1.29, 1.82) is 0 Å². The van der Waals surface area contributed by atoms with Crippen LogP contribution in [0.1, 0.15) is 35.8 Å². The lowest BCUT2D eigenvalue weighted by atomic mass is 10.0. The van der Waals surface area contributed by atoms with E-state index in [-0.39, 0.29) is 12.6 Å². The summed E-state index contributed by atoms with van der Waals surface area (Å²) < 4.78 is 48.9. The van der Waals surface area contributed by atoms with Gasteiger partial charge in [-0.3, -0.25) is 4.90 Å². The highest BCUT2D eigenvalue weighted by Gasteiger charge is 2.31. The Morgan fingerprint density at radius 3 is 2.72 bits per heavy atom. The van der Waals surface area contributed by atoms with E-state index in [1.54, 1.807) is 13.2 Å². The van der Waals surface area contributed by atoms with Crippen LogP contribution in [0.15, 0.2) is 28.8 Å². The van der Waals surface area contributed by atoms with Crippen LogP contribution in [0, 0.1) is 0 Å². The average Bonchev–Trinajstić information content (AvgIpc) is 3.05. The normalized spacial score (nSPS) is 13.4. The van der Waals surface area contributed by atoms with Crippen LogP contribution in [0.5, 0.6) is 0 Å². The molecule has 0 bridgehead atoms. The van der Waals surface area contributed by atoms with Gasteiger partial charge >= 0.3 is 6.18 Å². The third-order valence-corrected chi connectivity index (χ3v) is 3.86. The third kappa shape index (κ3) is 5.25. The number of nitrogens with two attached hydrogens (primary N) is 1. The number of nitrogens with zero attached hydrogens (tertiary/aromatic N) is 3. The van der Waals surface area contributed by atoms with E-state index in [2.05, 4.69) is 10.1 Å². The molecule has 0 aliphatic rings. The molecule has 138 valence electrons. The molecule has 1 aromatic heterocycles. The highest BCUT2D eigenvalue weighted by Crippen LogP contribution is 2.32. The zero-order chi connectivity index (χ0) is 18.4. The average molecular weight is 358 g/mol. The number of alkyl halides is 3. The van der Waals surface area contributed by atoms with E-state index in [0.717, 1.165) is 12.1 Å². The number of benzene rings is 1. The van der Waals surface area contributed by atoms with Crippen LogP contribution < -0.4 is 5.73 Å². The fraction of sp³-hybridized carbons (Fsp3) is 0.500. The minimum absolute atomic E-state index is 0.133. The van der Waals surface area contributed by atoms with Crippen LogP contribution in [0.4, 0.5) is 13.2 Å². The Labute approximate surface area is 143 Å². The summed E-state index contributed by atoms with van der Waals surface area (Å²) in [5, 5.41) is 3.84. The Kier molecular flexibility index (Phi) is 6.51. The molecule has 1 unspecified atom stereocenters. The van der Waals surface area contributed by atoms with E-state index in [0.29, 0.717) is 37.0 Å². The smallest absolute Gasteiger partial charge is 0.383 e. The third-order valence-electron chi connectivity index (χ3n) is 3.86. The minimum atomic E-state index is -4.38. The first-order valence-electron chi connectivity index (χ1n) is 7.76. The number of ether oxygens (including phenoxy) is 1. The van der Waals surface area contributed by atoms with Crippen molar-refractivity contribution in [3.63, 3.8) is 0 Å². The Hall–Kier alpha value is -1.97. The number of methoxy groups -OCH3 is 1.